The van der Waals surface area contributed by atoms with Crippen LogP contribution in [0, 0.1) is 12.8 Å². The predicted molar refractivity (Wildman–Crippen MR) is 107 cm³/mol. The van der Waals surface area contributed by atoms with E-state index in [1.165, 1.54) is 35.1 Å². The Morgan fingerprint density at radius 2 is 1.88 bits per heavy atom. The van der Waals surface area contributed by atoms with Gasteiger partial charge in [0.15, 0.2) is 0 Å². The van der Waals surface area contributed by atoms with E-state index in [2.05, 4.69) is 48.4 Å². The van der Waals surface area contributed by atoms with Gasteiger partial charge in [-0.3, -0.25) is 0 Å². The van der Waals surface area contributed by atoms with Gasteiger partial charge in [0.05, 0.1) is 0 Å². The molecule has 0 radical (unpaired) electrons. The number of halogens is 2. The van der Waals surface area contributed by atoms with Crippen molar-refractivity contribution in [2.24, 2.45) is 5.92 Å². The SMILES string of the molecule is Cc1ccccc1C1=CCN(Cc2cc(Cl)ccc2Cl)C=C1C1CC1. The molecule has 0 bridgehead atoms. The van der Waals surface area contributed by atoms with Crippen LogP contribution in [0.5, 0.6) is 0 Å². The number of benzene rings is 2. The summed E-state index contributed by atoms with van der Waals surface area (Å²) in [5.74, 6) is 0.698. The molecule has 0 aromatic heterocycles. The number of hydrogen-bond acceptors (Lipinski definition) is 1. The average Bonchev–Trinajstić information content (AvgIpc) is 3.44. The quantitative estimate of drug-likeness (QED) is 0.594. The fourth-order valence-electron chi connectivity index (χ4n) is 3.50. The normalized spacial score (nSPS) is 17.3. The molecule has 1 aliphatic carbocycles. The standard InChI is InChI=1S/C22H21Cl2N/c1-15-4-2-3-5-19(15)20-10-11-25(14-21(20)16-6-7-16)13-17-12-18(23)8-9-22(17)24/h2-5,8-10,12,14,16H,6-7,11,13H2,1H3. The smallest absolute Gasteiger partial charge is 0.0456 e. The molecule has 0 atom stereocenters. The molecule has 2 aromatic rings. The first kappa shape index (κ1) is 16.8. The topological polar surface area (TPSA) is 3.24 Å². The first-order valence-electron chi connectivity index (χ1n) is 8.78. The summed E-state index contributed by atoms with van der Waals surface area (Å²) in [6.45, 7) is 3.87. The van der Waals surface area contributed by atoms with Gasteiger partial charge in [-0.15, -0.1) is 0 Å². The van der Waals surface area contributed by atoms with E-state index in [0.29, 0.717) is 5.92 Å². The number of hydrogen-bond donors (Lipinski definition) is 0. The van der Waals surface area contributed by atoms with Crippen LogP contribution in [0.3, 0.4) is 0 Å². The monoisotopic (exact) mass is 369 g/mol. The molecule has 128 valence electrons. The maximum Gasteiger partial charge on any atom is 0.0456 e. The van der Waals surface area contributed by atoms with E-state index >= 15 is 0 Å². The summed E-state index contributed by atoms with van der Waals surface area (Å²) >= 11 is 12.5. The molecular weight excluding hydrogens is 349 g/mol. The third kappa shape index (κ3) is 3.63. The zero-order valence-electron chi connectivity index (χ0n) is 14.3. The van der Waals surface area contributed by atoms with E-state index in [-0.39, 0.29) is 0 Å². The zero-order valence-corrected chi connectivity index (χ0v) is 15.8. The maximum absolute atomic E-state index is 6.35. The molecular formula is C22H21Cl2N. The van der Waals surface area contributed by atoms with Crippen molar-refractivity contribution in [3.05, 3.63) is 87.0 Å². The van der Waals surface area contributed by atoms with Crippen LogP contribution in [0.1, 0.15) is 29.5 Å². The molecule has 2 aromatic carbocycles. The van der Waals surface area contributed by atoms with Gasteiger partial charge in [0.1, 0.15) is 0 Å². The third-order valence-corrected chi connectivity index (χ3v) is 5.60. The van der Waals surface area contributed by atoms with Crippen molar-refractivity contribution in [3.8, 4) is 0 Å². The molecule has 1 fully saturated rings. The van der Waals surface area contributed by atoms with E-state index in [1.807, 2.05) is 18.2 Å². The van der Waals surface area contributed by atoms with Gasteiger partial charge in [-0.2, -0.15) is 0 Å². The lowest BCUT2D eigenvalue weighted by Gasteiger charge is -2.28. The highest BCUT2D eigenvalue weighted by atomic mass is 35.5. The molecule has 0 saturated heterocycles. The predicted octanol–water partition coefficient (Wildman–Crippen LogP) is 6.49. The average molecular weight is 370 g/mol. The summed E-state index contributed by atoms with van der Waals surface area (Å²) in [7, 11) is 0. The van der Waals surface area contributed by atoms with E-state index in [0.717, 1.165) is 28.7 Å². The largest absolute Gasteiger partial charge is 0.369 e. The molecule has 0 spiro atoms. The second kappa shape index (κ2) is 6.90. The second-order valence-electron chi connectivity index (χ2n) is 6.96. The van der Waals surface area contributed by atoms with Gasteiger partial charge in [0.2, 0.25) is 0 Å². The van der Waals surface area contributed by atoms with E-state index < -0.39 is 0 Å². The van der Waals surface area contributed by atoms with Crippen molar-refractivity contribution in [3.63, 3.8) is 0 Å². The zero-order chi connectivity index (χ0) is 17.4. The fraction of sp³-hybridized carbons (Fsp3) is 0.273. The molecule has 4 rings (SSSR count). The lowest BCUT2D eigenvalue weighted by molar-refractivity contribution is 0.401. The Bertz CT molecular complexity index is 862. The Kier molecular flexibility index (Phi) is 4.62. The minimum Gasteiger partial charge on any atom is -0.369 e. The van der Waals surface area contributed by atoms with Crippen LogP contribution in [0.4, 0.5) is 0 Å². The van der Waals surface area contributed by atoms with Gasteiger partial charge in [-0.25, -0.2) is 0 Å². The molecule has 1 aliphatic heterocycles. The van der Waals surface area contributed by atoms with Crippen molar-refractivity contribution < 1.29 is 0 Å². The summed E-state index contributed by atoms with van der Waals surface area (Å²) in [5, 5.41) is 1.51. The van der Waals surface area contributed by atoms with Crippen LogP contribution >= 0.6 is 23.2 Å². The van der Waals surface area contributed by atoms with Gasteiger partial charge in [-0.05, 0) is 71.7 Å². The van der Waals surface area contributed by atoms with Crippen LogP contribution in [0.2, 0.25) is 10.0 Å². The van der Waals surface area contributed by atoms with Gasteiger partial charge in [-0.1, -0.05) is 53.5 Å². The molecule has 1 nitrogen and oxygen atoms in total. The Morgan fingerprint density at radius 1 is 1.08 bits per heavy atom. The van der Waals surface area contributed by atoms with Crippen molar-refractivity contribution in [1.82, 2.24) is 4.90 Å². The molecule has 25 heavy (non-hydrogen) atoms. The Morgan fingerprint density at radius 3 is 2.64 bits per heavy atom. The highest BCUT2D eigenvalue weighted by Gasteiger charge is 2.31. The number of nitrogens with zero attached hydrogens (tertiary/aromatic N) is 1. The number of rotatable bonds is 4. The lowest BCUT2D eigenvalue weighted by Crippen LogP contribution is -2.22. The molecule has 2 aliphatic rings. The van der Waals surface area contributed by atoms with E-state index in [9.17, 15) is 0 Å². The molecule has 0 unspecified atom stereocenters. The Hall–Kier alpha value is -1.70. The van der Waals surface area contributed by atoms with Crippen molar-refractivity contribution >= 4 is 28.8 Å². The summed E-state index contributed by atoms with van der Waals surface area (Å²) in [6.07, 6.45) is 7.30. The Balaban J connectivity index is 1.62. The van der Waals surface area contributed by atoms with Crippen LogP contribution in [-0.4, -0.2) is 11.4 Å². The first-order valence-corrected chi connectivity index (χ1v) is 9.53. The molecule has 0 N–H and O–H groups in total. The Labute approximate surface area is 159 Å². The summed E-state index contributed by atoms with van der Waals surface area (Å²) in [6, 6.07) is 14.4. The highest BCUT2D eigenvalue weighted by Crippen LogP contribution is 2.45. The van der Waals surface area contributed by atoms with Crippen LogP contribution in [0.15, 0.2) is 60.3 Å². The summed E-state index contributed by atoms with van der Waals surface area (Å²) in [5.41, 5.74) is 6.66. The maximum atomic E-state index is 6.35. The van der Waals surface area contributed by atoms with E-state index in [1.54, 1.807) is 0 Å². The molecule has 0 amide bonds. The molecule has 1 heterocycles. The van der Waals surface area contributed by atoms with Crippen LogP contribution < -0.4 is 0 Å². The minimum atomic E-state index is 0.698. The van der Waals surface area contributed by atoms with Crippen molar-refractivity contribution in [2.75, 3.05) is 6.54 Å². The van der Waals surface area contributed by atoms with Gasteiger partial charge >= 0.3 is 0 Å². The van der Waals surface area contributed by atoms with Crippen molar-refractivity contribution in [1.29, 1.82) is 0 Å². The lowest BCUT2D eigenvalue weighted by atomic mass is 9.90. The van der Waals surface area contributed by atoms with Gasteiger partial charge in [0, 0.05) is 29.3 Å². The van der Waals surface area contributed by atoms with Crippen LogP contribution in [0.25, 0.3) is 5.57 Å². The molecule has 3 heteroatoms. The summed E-state index contributed by atoms with van der Waals surface area (Å²) < 4.78 is 0. The minimum absolute atomic E-state index is 0.698. The number of allylic oxidation sites excluding steroid dienone is 2. The summed E-state index contributed by atoms with van der Waals surface area (Å²) in [4.78, 5) is 2.34. The van der Waals surface area contributed by atoms with Gasteiger partial charge < -0.3 is 4.90 Å². The van der Waals surface area contributed by atoms with E-state index in [4.69, 9.17) is 23.2 Å². The fourth-order valence-corrected chi connectivity index (χ4v) is 3.87. The second-order valence-corrected chi connectivity index (χ2v) is 7.80. The van der Waals surface area contributed by atoms with Crippen LogP contribution in [-0.2, 0) is 6.54 Å². The molecule has 1 saturated carbocycles. The number of aryl methyl sites for hydroxylation is 1. The highest BCUT2D eigenvalue weighted by molar-refractivity contribution is 6.33. The first-order chi connectivity index (χ1) is 12.1. The van der Waals surface area contributed by atoms with Crippen molar-refractivity contribution in [2.45, 2.75) is 26.3 Å². The van der Waals surface area contributed by atoms with Gasteiger partial charge in [0.25, 0.3) is 0 Å². The third-order valence-electron chi connectivity index (χ3n) is 5.00.